The number of benzene rings is 2. The van der Waals surface area contributed by atoms with E-state index in [1.165, 1.54) is 24.6 Å². The average Bonchev–Trinajstić information content (AvgIpc) is 3.46. The lowest BCUT2D eigenvalue weighted by atomic mass is 9.80. The number of rotatable bonds is 6. The van der Waals surface area contributed by atoms with Crippen molar-refractivity contribution < 1.29 is 18.4 Å². The molecule has 3 saturated heterocycles. The Kier molecular flexibility index (Phi) is 8.51. The third-order valence-electron chi connectivity index (χ3n) is 9.59. The summed E-state index contributed by atoms with van der Waals surface area (Å²) in [6.45, 7) is 11.0. The second-order valence-corrected chi connectivity index (χ2v) is 13.6. The van der Waals surface area contributed by atoms with E-state index in [1.54, 1.807) is 0 Å². The maximum absolute atomic E-state index is 15.0. The van der Waals surface area contributed by atoms with Crippen LogP contribution in [0.15, 0.2) is 36.4 Å². The van der Waals surface area contributed by atoms with Crippen LogP contribution in [0.25, 0.3) is 0 Å². The summed E-state index contributed by atoms with van der Waals surface area (Å²) in [6.07, 6.45) is 4.34. The second kappa shape index (κ2) is 11.6. The molecule has 222 valence electrons. The topological polar surface area (TPSA) is 52.7 Å². The van der Waals surface area contributed by atoms with Crippen LogP contribution in [0, 0.1) is 17.6 Å². The molecule has 3 fully saturated rings. The number of fused-ring (bicyclic) bond motifs is 2. The van der Waals surface area contributed by atoms with Gasteiger partial charge in [-0.15, -0.1) is 0 Å². The number of nitrogens with one attached hydrogen (secondary N) is 1. The minimum absolute atomic E-state index is 0.0729. The third kappa shape index (κ3) is 6.03. The van der Waals surface area contributed by atoms with Gasteiger partial charge in [0.2, 0.25) is 11.8 Å². The zero-order valence-electron chi connectivity index (χ0n) is 24.7. The van der Waals surface area contributed by atoms with Gasteiger partial charge in [0.05, 0.1) is 12.0 Å². The van der Waals surface area contributed by atoms with Crippen molar-refractivity contribution in [3.8, 4) is 0 Å². The van der Waals surface area contributed by atoms with E-state index in [-0.39, 0.29) is 53.2 Å². The van der Waals surface area contributed by atoms with Gasteiger partial charge in [0.25, 0.3) is 0 Å². The number of halogens is 3. The third-order valence-corrected chi connectivity index (χ3v) is 9.82. The normalized spacial score (nSPS) is 27.2. The summed E-state index contributed by atoms with van der Waals surface area (Å²) in [5.41, 5.74) is 2.51. The molecule has 1 N–H and O–H groups in total. The van der Waals surface area contributed by atoms with E-state index in [9.17, 15) is 14.0 Å². The summed E-state index contributed by atoms with van der Waals surface area (Å²) < 4.78 is 28.8. The van der Waals surface area contributed by atoms with Crippen LogP contribution < -0.4 is 5.32 Å². The van der Waals surface area contributed by atoms with E-state index in [1.807, 2.05) is 12.1 Å². The van der Waals surface area contributed by atoms with Gasteiger partial charge in [-0.2, -0.15) is 0 Å². The zero-order valence-corrected chi connectivity index (χ0v) is 25.5. The maximum atomic E-state index is 15.0. The molecule has 2 amide bonds. The molecular formula is C33H42ClF2N3O2. The number of carbonyl (C=O) groups excluding carboxylic acids is 2. The summed E-state index contributed by atoms with van der Waals surface area (Å²) in [5.74, 6) is -1.62. The molecule has 2 bridgehead atoms. The van der Waals surface area contributed by atoms with Crippen LogP contribution >= 0.6 is 11.6 Å². The summed E-state index contributed by atoms with van der Waals surface area (Å²) in [4.78, 5) is 30.7. The highest BCUT2D eigenvalue weighted by Gasteiger charge is 2.50. The van der Waals surface area contributed by atoms with Crippen LogP contribution in [0.4, 0.5) is 8.78 Å². The summed E-state index contributed by atoms with van der Waals surface area (Å²) in [6, 6.07) is 9.83. The fraction of sp³-hybridized carbons (Fsp3) is 0.576. The first-order valence-electron chi connectivity index (χ1n) is 15.0. The Bertz CT molecular complexity index is 1300. The molecule has 0 saturated carbocycles. The van der Waals surface area contributed by atoms with Gasteiger partial charge < -0.3 is 10.2 Å². The van der Waals surface area contributed by atoms with Crippen LogP contribution in [-0.4, -0.2) is 52.3 Å². The maximum Gasteiger partial charge on any atom is 0.228 e. The number of piperidine rings is 1. The van der Waals surface area contributed by atoms with Crippen molar-refractivity contribution >= 4 is 23.4 Å². The first-order valence-corrected chi connectivity index (χ1v) is 15.3. The molecule has 0 spiro atoms. The molecule has 0 aromatic heterocycles. The minimum atomic E-state index is -0.606. The molecule has 0 radical (unpaired) electrons. The molecule has 2 aromatic carbocycles. The van der Waals surface area contributed by atoms with Crippen LogP contribution in [0.1, 0.15) is 101 Å². The predicted molar refractivity (Wildman–Crippen MR) is 158 cm³/mol. The van der Waals surface area contributed by atoms with Gasteiger partial charge in [0.15, 0.2) is 0 Å². The van der Waals surface area contributed by atoms with E-state index in [2.05, 4.69) is 48.9 Å². The molecule has 2 aromatic rings. The lowest BCUT2D eigenvalue weighted by Gasteiger charge is -2.42. The van der Waals surface area contributed by atoms with E-state index < -0.39 is 11.6 Å². The van der Waals surface area contributed by atoms with Gasteiger partial charge in [-0.1, -0.05) is 30.7 Å². The molecule has 3 aliphatic rings. The van der Waals surface area contributed by atoms with Gasteiger partial charge in [-0.3, -0.25) is 14.5 Å². The lowest BCUT2D eigenvalue weighted by molar-refractivity contribution is -0.140. The highest BCUT2D eigenvalue weighted by Crippen LogP contribution is 2.47. The molecule has 5 nitrogen and oxygen atoms in total. The van der Waals surface area contributed by atoms with Gasteiger partial charge >= 0.3 is 0 Å². The number of hydrogen-bond donors (Lipinski definition) is 1. The SMILES string of the molecule is CCC(NC(C)=O)c1cc(Cl)ccc1C1CC2CCC(C1)N2C(=O)C1CN(C(C)(C)C)CC1c1ccc(F)cc1F. The Hall–Kier alpha value is -2.51. The number of amides is 2. The van der Waals surface area contributed by atoms with E-state index in [0.29, 0.717) is 23.7 Å². The van der Waals surface area contributed by atoms with E-state index >= 15 is 4.39 Å². The highest BCUT2D eigenvalue weighted by atomic mass is 35.5. The first kappa shape index (κ1) is 30.0. The van der Waals surface area contributed by atoms with Crippen LogP contribution in [0.3, 0.4) is 0 Å². The molecule has 5 rings (SSSR count). The van der Waals surface area contributed by atoms with Crippen molar-refractivity contribution in [2.24, 2.45) is 5.92 Å². The van der Waals surface area contributed by atoms with Crippen molar-refractivity contribution in [1.29, 1.82) is 0 Å². The summed E-state index contributed by atoms with van der Waals surface area (Å²) in [5, 5.41) is 3.72. The van der Waals surface area contributed by atoms with Crippen LogP contribution in [-0.2, 0) is 9.59 Å². The smallest absolute Gasteiger partial charge is 0.228 e. The lowest BCUT2D eigenvalue weighted by Crippen LogP contribution is -2.50. The van der Waals surface area contributed by atoms with Gasteiger partial charge in [-0.25, -0.2) is 8.78 Å². The molecule has 5 atom stereocenters. The minimum Gasteiger partial charge on any atom is -0.350 e. The average molecular weight is 586 g/mol. The Morgan fingerprint density at radius 1 is 1.02 bits per heavy atom. The monoisotopic (exact) mass is 585 g/mol. The van der Waals surface area contributed by atoms with Crippen LogP contribution in [0.5, 0.6) is 0 Å². The second-order valence-electron chi connectivity index (χ2n) is 13.2. The number of carbonyl (C=O) groups is 2. The van der Waals surface area contributed by atoms with Crippen molar-refractivity contribution in [3.63, 3.8) is 0 Å². The van der Waals surface area contributed by atoms with Crippen molar-refractivity contribution in [3.05, 3.63) is 69.7 Å². The number of nitrogens with zero attached hydrogens (tertiary/aromatic N) is 2. The van der Waals surface area contributed by atoms with E-state index in [4.69, 9.17) is 11.6 Å². The van der Waals surface area contributed by atoms with Crippen molar-refractivity contribution in [2.75, 3.05) is 13.1 Å². The standard InChI is InChI=1S/C33H42ClF2N3O2/c1-6-31(37-19(2)40)27-15-21(34)7-11-25(27)20-13-23-9-10-24(14-20)39(23)32(41)29-18-38(33(3,4)5)17-28(29)26-12-8-22(35)16-30(26)36/h7-8,11-12,15-16,20,23-24,28-29,31H,6,9-10,13-14,17-18H2,1-5H3,(H,37,40). The molecule has 3 heterocycles. The first-order chi connectivity index (χ1) is 19.4. The highest BCUT2D eigenvalue weighted by molar-refractivity contribution is 6.30. The fourth-order valence-corrected chi connectivity index (χ4v) is 7.75. The van der Waals surface area contributed by atoms with Crippen molar-refractivity contribution in [2.45, 2.75) is 102 Å². The zero-order chi connectivity index (χ0) is 29.6. The molecule has 5 unspecified atom stereocenters. The summed E-state index contributed by atoms with van der Waals surface area (Å²) in [7, 11) is 0. The Labute approximate surface area is 247 Å². The largest absolute Gasteiger partial charge is 0.350 e. The number of likely N-dealkylation sites (tertiary alicyclic amines) is 1. The Morgan fingerprint density at radius 2 is 1.68 bits per heavy atom. The van der Waals surface area contributed by atoms with Crippen molar-refractivity contribution in [1.82, 2.24) is 15.1 Å². The van der Waals surface area contributed by atoms with Gasteiger partial charge in [0.1, 0.15) is 11.6 Å². The molecule has 41 heavy (non-hydrogen) atoms. The molecule has 0 aliphatic carbocycles. The van der Waals surface area contributed by atoms with Crippen LogP contribution in [0.2, 0.25) is 5.02 Å². The Balaban J connectivity index is 1.41. The molecule has 3 aliphatic heterocycles. The molecular weight excluding hydrogens is 544 g/mol. The van der Waals surface area contributed by atoms with E-state index in [0.717, 1.165) is 43.7 Å². The summed E-state index contributed by atoms with van der Waals surface area (Å²) >= 11 is 6.41. The van der Waals surface area contributed by atoms with Gasteiger partial charge in [-0.05, 0) is 93.7 Å². The molecule has 8 heteroatoms. The Morgan fingerprint density at radius 3 is 2.27 bits per heavy atom. The quantitative estimate of drug-likeness (QED) is 0.399. The number of hydrogen-bond acceptors (Lipinski definition) is 3. The van der Waals surface area contributed by atoms with Gasteiger partial charge in [0, 0.05) is 54.6 Å². The predicted octanol–water partition coefficient (Wildman–Crippen LogP) is 6.96. The fourth-order valence-electron chi connectivity index (χ4n) is 7.57.